The molecule has 0 heterocycles. The minimum Gasteiger partial charge on any atom is -0.312 e. The van der Waals surface area contributed by atoms with Gasteiger partial charge in [0.15, 0.2) is 0 Å². The van der Waals surface area contributed by atoms with Crippen molar-refractivity contribution in [2.24, 2.45) is 5.92 Å². The number of alkyl halides is 1. The molecule has 0 aliphatic rings. The molecular weight excluding hydrogens is 242 g/mol. The van der Waals surface area contributed by atoms with E-state index in [1.54, 1.807) is 0 Å². The van der Waals surface area contributed by atoms with Crippen LogP contribution < -0.4 is 5.32 Å². The summed E-state index contributed by atoms with van der Waals surface area (Å²) in [7, 11) is 0. The third-order valence-corrected chi connectivity index (χ3v) is 3.72. The minimum absolute atomic E-state index is 0.611. The summed E-state index contributed by atoms with van der Waals surface area (Å²) < 4.78 is 0. The van der Waals surface area contributed by atoms with Crippen LogP contribution in [0.4, 0.5) is 0 Å². The highest BCUT2D eigenvalue weighted by Gasteiger charge is 2.05. The molecule has 2 heteroatoms. The highest BCUT2D eigenvalue weighted by atomic mass is 35.5. The van der Waals surface area contributed by atoms with Crippen molar-refractivity contribution in [2.45, 2.75) is 46.1 Å². The summed E-state index contributed by atoms with van der Waals surface area (Å²) in [5, 5.41) is 3.53. The lowest BCUT2D eigenvalue weighted by atomic mass is 10.0. The lowest BCUT2D eigenvalue weighted by molar-refractivity contribution is 0.451. The van der Waals surface area contributed by atoms with E-state index in [1.165, 1.54) is 17.5 Å². The van der Waals surface area contributed by atoms with Crippen molar-refractivity contribution >= 4 is 11.6 Å². The van der Waals surface area contributed by atoms with E-state index in [2.05, 4.69) is 50.4 Å². The molecule has 1 atom stereocenters. The molecule has 18 heavy (non-hydrogen) atoms. The van der Waals surface area contributed by atoms with Gasteiger partial charge < -0.3 is 5.32 Å². The van der Waals surface area contributed by atoms with Crippen molar-refractivity contribution in [3.63, 3.8) is 0 Å². The predicted molar refractivity (Wildman–Crippen MR) is 81.4 cm³/mol. The Bertz CT molecular complexity index is 318. The van der Waals surface area contributed by atoms with Crippen LogP contribution in [0.5, 0.6) is 0 Å². The monoisotopic (exact) mass is 267 g/mol. The Hall–Kier alpha value is -0.530. The molecule has 0 aromatic heterocycles. The summed E-state index contributed by atoms with van der Waals surface area (Å²) in [6.07, 6.45) is 2.31. The quantitative estimate of drug-likeness (QED) is 0.681. The molecule has 1 rings (SSSR count). The zero-order valence-electron chi connectivity index (χ0n) is 11.9. The average Bonchev–Trinajstić information content (AvgIpc) is 2.38. The van der Waals surface area contributed by atoms with Crippen molar-refractivity contribution in [1.29, 1.82) is 0 Å². The fraction of sp³-hybridized carbons (Fsp3) is 0.625. The van der Waals surface area contributed by atoms with Gasteiger partial charge in [0, 0.05) is 12.4 Å². The molecule has 1 aromatic rings. The first-order chi connectivity index (χ1) is 8.67. The SMILES string of the molecule is CCC(CCCl)CNCc1ccc(C(C)C)cc1. The average molecular weight is 268 g/mol. The third-order valence-electron chi connectivity index (χ3n) is 3.50. The lowest BCUT2D eigenvalue weighted by Gasteiger charge is -2.14. The molecule has 102 valence electrons. The van der Waals surface area contributed by atoms with Gasteiger partial charge in [-0.15, -0.1) is 11.6 Å². The van der Waals surface area contributed by atoms with E-state index in [-0.39, 0.29) is 0 Å². The lowest BCUT2D eigenvalue weighted by Crippen LogP contribution is -2.22. The Labute approximate surface area is 117 Å². The molecule has 0 spiro atoms. The van der Waals surface area contributed by atoms with Gasteiger partial charge in [-0.2, -0.15) is 0 Å². The van der Waals surface area contributed by atoms with E-state index in [0.717, 1.165) is 25.4 Å². The van der Waals surface area contributed by atoms with Crippen molar-refractivity contribution in [3.05, 3.63) is 35.4 Å². The Kier molecular flexibility index (Phi) is 7.38. The molecule has 0 saturated carbocycles. The Morgan fingerprint density at radius 2 is 1.83 bits per heavy atom. The standard InChI is InChI=1S/C16H26ClN/c1-4-14(9-10-17)11-18-12-15-5-7-16(8-6-15)13(2)3/h5-8,13-14,18H,4,9-12H2,1-3H3. The number of halogens is 1. The first-order valence-electron chi connectivity index (χ1n) is 7.02. The van der Waals surface area contributed by atoms with Gasteiger partial charge in [0.25, 0.3) is 0 Å². The van der Waals surface area contributed by atoms with Crippen LogP contribution in [0.2, 0.25) is 0 Å². The van der Waals surface area contributed by atoms with Gasteiger partial charge >= 0.3 is 0 Å². The van der Waals surface area contributed by atoms with Crippen molar-refractivity contribution in [3.8, 4) is 0 Å². The van der Waals surface area contributed by atoms with Gasteiger partial charge in [-0.3, -0.25) is 0 Å². The van der Waals surface area contributed by atoms with E-state index in [1.807, 2.05) is 0 Å². The van der Waals surface area contributed by atoms with Crippen molar-refractivity contribution in [2.75, 3.05) is 12.4 Å². The Morgan fingerprint density at radius 1 is 1.17 bits per heavy atom. The molecule has 1 nitrogen and oxygen atoms in total. The van der Waals surface area contributed by atoms with Gasteiger partial charge in [0.2, 0.25) is 0 Å². The van der Waals surface area contributed by atoms with Gasteiger partial charge in [0.1, 0.15) is 0 Å². The van der Waals surface area contributed by atoms with Crippen LogP contribution in [0.1, 0.15) is 50.7 Å². The molecule has 0 amide bonds. The second kappa shape index (κ2) is 8.55. The maximum atomic E-state index is 5.79. The normalized spacial score (nSPS) is 12.9. The summed E-state index contributed by atoms with van der Waals surface area (Å²) in [4.78, 5) is 0. The van der Waals surface area contributed by atoms with Crippen LogP contribution in [-0.2, 0) is 6.54 Å². The predicted octanol–water partition coefficient (Wildman–Crippen LogP) is 4.55. The molecule has 0 fully saturated rings. The summed E-state index contributed by atoms with van der Waals surface area (Å²) in [5.41, 5.74) is 2.77. The van der Waals surface area contributed by atoms with Crippen LogP contribution in [0.3, 0.4) is 0 Å². The number of hydrogen-bond donors (Lipinski definition) is 1. The summed E-state index contributed by atoms with van der Waals surface area (Å²) in [6, 6.07) is 8.92. The Morgan fingerprint density at radius 3 is 2.33 bits per heavy atom. The fourth-order valence-corrected chi connectivity index (χ4v) is 2.35. The van der Waals surface area contributed by atoms with E-state index < -0.39 is 0 Å². The van der Waals surface area contributed by atoms with E-state index in [0.29, 0.717) is 11.8 Å². The summed E-state index contributed by atoms with van der Waals surface area (Å²) >= 11 is 5.79. The number of nitrogens with one attached hydrogen (secondary N) is 1. The smallest absolute Gasteiger partial charge is 0.0226 e. The van der Waals surface area contributed by atoms with Crippen LogP contribution in [0.15, 0.2) is 24.3 Å². The van der Waals surface area contributed by atoms with Crippen molar-refractivity contribution < 1.29 is 0 Å². The molecule has 0 aliphatic carbocycles. The second-order valence-electron chi connectivity index (χ2n) is 5.28. The zero-order chi connectivity index (χ0) is 13.4. The van der Waals surface area contributed by atoms with Gasteiger partial charge in [-0.05, 0) is 35.9 Å². The molecule has 1 unspecified atom stereocenters. The maximum absolute atomic E-state index is 5.79. The van der Waals surface area contributed by atoms with Crippen LogP contribution >= 0.6 is 11.6 Å². The molecule has 0 radical (unpaired) electrons. The molecular formula is C16H26ClN. The zero-order valence-corrected chi connectivity index (χ0v) is 12.6. The number of hydrogen-bond acceptors (Lipinski definition) is 1. The molecule has 0 saturated heterocycles. The first kappa shape index (κ1) is 15.5. The van der Waals surface area contributed by atoms with Crippen LogP contribution in [-0.4, -0.2) is 12.4 Å². The minimum atomic E-state index is 0.611. The highest BCUT2D eigenvalue weighted by Crippen LogP contribution is 2.14. The van der Waals surface area contributed by atoms with E-state index >= 15 is 0 Å². The first-order valence-corrected chi connectivity index (χ1v) is 7.56. The molecule has 1 aromatic carbocycles. The van der Waals surface area contributed by atoms with Crippen LogP contribution in [0, 0.1) is 5.92 Å². The summed E-state index contributed by atoms with van der Waals surface area (Å²) in [6.45, 7) is 8.71. The van der Waals surface area contributed by atoms with Crippen molar-refractivity contribution in [1.82, 2.24) is 5.32 Å². The topological polar surface area (TPSA) is 12.0 Å². The summed E-state index contributed by atoms with van der Waals surface area (Å²) in [5.74, 6) is 2.08. The number of benzene rings is 1. The third kappa shape index (κ3) is 5.41. The Balaban J connectivity index is 2.34. The number of rotatable bonds is 8. The van der Waals surface area contributed by atoms with E-state index in [4.69, 9.17) is 11.6 Å². The largest absolute Gasteiger partial charge is 0.312 e. The second-order valence-corrected chi connectivity index (χ2v) is 5.66. The fourth-order valence-electron chi connectivity index (χ4n) is 2.05. The van der Waals surface area contributed by atoms with E-state index in [9.17, 15) is 0 Å². The van der Waals surface area contributed by atoms with Gasteiger partial charge in [0.05, 0.1) is 0 Å². The van der Waals surface area contributed by atoms with Gasteiger partial charge in [-0.1, -0.05) is 51.5 Å². The highest BCUT2D eigenvalue weighted by molar-refractivity contribution is 6.17. The maximum Gasteiger partial charge on any atom is 0.0226 e. The van der Waals surface area contributed by atoms with Crippen LogP contribution in [0.25, 0.3) is 0 Å². The van der Waals surface area contributed by atoms with Gasteiger partial charge in [-0.25, -0.2) is 0 Å². The molecule has 1 N–H and O–H groups in total. The molecule has 0 bridgehead atoms. The molecule has 0 aliphatic heterocycles.